The third-order valence-corrected chi connectivity index (χ3v) is 8.06. The van der Waals surface area contributed by atoms with Crippen molar-refractivity contribution < 1.29 is 18.4 Å². The van der Waals surface area contributed by atoms with Crippen molar-refractivity contribution in [2.24, 2.45) is 0 Å². The van der Waals surface area contributed by atoms with Gasteiger partial charge in [0.1, 0.15) is 10.3 Å². The first kappa shape index (κ1) is 22.9. The molecule has 0 spiro atoms. The fourth-order valence-corrected chi connectivity index (χ4v) is 6.32. The van der Waals surface area contributed by atoms with Crippen LogP contribution < -0.4 is 20.9 Å². The Morgan fingerprint density at radius 1 is 1.17 bits per heavy atom. The van der Waals surface area contributed by atoms with E-state index in [1.807, 2.05) is 0 Å². The minimum Gasteiger partial charge on any atom is -0.351 e. The highest BCUT2D eigenvalue weighted by Crippen LogP contribution is 2.50. The zero-order chi connectivity index (χ0) is 24.8. The van der Waals surface area contributed by atoms with Crippen LogP contribution in [-0.2, 0) is 4.79 Å². The number of carbonyl (C=O) groups is 2. The third kappa shape index (κ3) is 3.90. The van der Waals surface area contributed by atoms with Crippen molar-refractivity contribution >= 4 is 35.1 Å². The number of nitrogens with one attached hydrogen (secondary N) is 3. The Morgan fingerprint density at radius 3 is 2.86 bits per heavy atom. The van der Waals surface area contributed by atoms with Gasteiger partial charge in [-0.1, -0.05) is 36.0 Å². The average molecular weight is 508 g/mol. The van der Waals surface area contributed by atoms with E-state index in [0.717, 1.165) is 37.6 Å². The summed E-state index contributed by atoms with van der Waals surface area (Å²) >= 11 is 1.35. The Bertz CT molecular complexity index is 1360. The fraction of sp³-hybridized carbons (Fsp3) is 0.269. The van der Waals surface area contributed by atoms with Crippen LogP contribution in [0.3, 0.4) is 0 Å². The molecule has 3 amide bonds. The Labute approximate surface area is 210 Å². The Hall–Kier alpha value is -3.50. The molecule has 3 aromatic rings. The molecule has 0 saturated carbocycles. The second-order valence-electron chi connectivity index (χ2n) is 9.05. The molecule has 1 saturated heterocycles. The number of thioether (sulfide) groups is 1. The summed E-state index contributed by atoms with van der Waals surface area (Å²) in [6.07, 6.45) is 3.54. The van der Waals surface area contributed by atoms with E-state index >= 15 is 0 Å². The number of urea groups is 1. The van der Waals surface area contributed by atoms with Gasteiger partial charge < -0.3 is 16.0 Å². The number of anilines is 2. The molecule has 3 N–H and O–H groups in total. The van der Waals surface area contributed by atoms with Gasteiger partial charge in [0.2, 0.25) is 5.91 Å². The van der Waals surface area contributed by atoms with Gasteiger partial charge in [-0.2, -0.15) is 0 Å². The highest BCUT2D eigenvalue weighted by atomic mass is 32.2. The van der Waals surface area contributed by atoms with Crippen molar-refractivity contribution in [1.82, 2.24) is 20.9 Å². The number of aromatic nitrogens is 1. The molecule has 10 heteroatoms. The molecular formula is C26H23F2N5O2S. The van der Waals surface area contributed by atoms with Gasteiger partial charge in [0, 0.05) is 29.9 Å². The van der Waals surface area contributed by atoms with Gasteiger partial charge in [0.25, 0.3) is 0 Å². The normalized spacial score (nSPS) is 22.7. The van der Waals surface area contributed by atoms with Crippen LogP contribution in [0.4, 0.5) is 25.0 Å². The van der Waals surface area contributed by atoms with Crippen LogP contribution in [0, 0.1) is 11.6 Å². The zero-order valence-electron chi connectivity index (χ0n) is 19.1. The lowest BCUT2D eigenvalue weighted by Gasteiger charge is -2.34. The standard InChI is InChI=1S/C26H23F2N5O2S/c27-18-8-2-7-17(21(18)28)14-4-1-6-16(12-14)33-19-9-11-30-25-20(19)22(32-26(33)35)23(36-25)24(34)31-15-5-3-10-29-13-15/h1-2,4,6-9,11-12,15,22-23,29H,3,5,10,13H2,(H,31,34)(H,32,35)/t15?,22?,23-/m1/s1. The van der Waals surface area contributed by atoms with E-state index < -0.39 is 29.0 Å². The summed E-state index contributed by atoms with van der Waals surface area (Å²) in [6.45, 7) is 1.68. The minimum atomic E-state index is -0.943. The van der Waals surface area contributed by atoms with Crippen molar-refractivity contribution in [3.8, 4) is 11.1 Å². The lowest BCUT2D eigenvalue weighted by Crippen LogP contribution is -2.52. The molecule has 3 aliphatic rings. The smallest absolute Gasteiger partial charge is 0.327 e. The molecule has 36 heavy (non-hydrogen) atoms. The molecule has 1 fully saturated rings. The number of amides is 3. The molecule has 6 rings (SSSR count). The van der Waals surface area contributed by atoms with Crippen LogP contribution in [-0.4, -0.2) is 41.3 Å². The van der Waals surface area contributed by atoms with E-state index in [2.05, 4.69) is 20.9 Å². The SMILES string of the molecule is O=C(NC1CCCNC1)[C@@H]1Sc2nccc3c2C1NC(=O)N3c1cccc(-c2cccc(F)c2F)c1. The summed E-state index contributed by atoms with van der Waals surface area (Å²) in [5.41, 5.74) is 2.44. The lowest BCUT2D eigenvalue weighted by atomic mass is 9.98. The van der Waals surface area contributed by atoms with Gasteiger partial charge in [-0.3, -0.25) is 9.69 Å². The molecule has 0 bridgehead atoms. The lowest BCUT2D eigenvalue weighted by molar-refractivity contribution is -0.121. The van der Waals surface area contributed by atoms with Crippen LogP contribution in [0.5, 0.6) is 0 Å². The number of pyridine rings is 1. The molecule has 2 unspecified atom stereocenters. The van der Waals surface area contributed by atoms with E-state index in [9.17, 15) is 18.4 Å². The molecule has 7 nitrogen and oxygen atoms in total. The van der Waals surface area contributed by atoms with Gasteiger partial charge in [-0.25, -0.2) is 18.6 Å². The molecule has 0 aliphatic carbocycles. The second-order valence-corrected chi connectivity index (χ2v) is 10.2. The first-order valence-corrected chi connectivity index (χ1v) is 12.7. The predicted molar refractivity (Wildman–Crippen MR) is 133 cm³/mol. The number of hydrogen-bond donors (Lipinski definition) is 3. The monoisotopic (exact) mass is 507 g/mol. The first-order chi connectivity index (χ1) is 17.5. The van der Waals surface area contributed by atoms with E-state index in [1.54, 1.807) is 36.5 Å². The number of piperidine rings is 1. The van der Waals surface area contributed by atoms with Crippen LogP contribution >= 0.6 is 11.8 Å². The van der Waals surface area contributed by atoms with Crippen molar-refractivity contribution in [2.75, 3.05) is 18.0 Å². The predicted octanol–water partition coefficient (Wildman–Crippen LogP) is 4.27. The molecule has 2 aromatic carbocycles. The summed E-state index contributed by atoms with van der Waals surface area (Å²) in [6, 6.07) is 11.6. The number of nitrogens with zero attached hydrogens (tertiary/aromatic N) is 2. The summed E-state index contributed by atoms with van der Waals surface area (Å²) in [5.74, 6) is -2.00. The van der Waals surface area contributed by atoms with Gasteiger partial charge in [0.05, 0.1) is 17.4 Å². The second kappa shape index (κ2) is 9.18. The van der Waals surface area contributed by atoms with E-state index in [0.29, 0.717) is 22.0 Å². The van der Waals surface area contributed by atoms with Crippen LogP contribution in [0.1, 0.15) is 24.4 Å². The Balaban J connectivity index is 1.33. The highest BCUT2D eigenvalue weighted by Gasteiger charge is 2.47. The van der Waals surface area contributed by atoms with Gasteiger partial charge in [0.15, 0.2) is 11.6 Å². The molecule has 1 aromatic heterocycles. The molecule has 184 valence electrons. The van der Waals surface area contributed by atoms with Crippen molar-refractivity contribution in [3.63, 3.8) is 0 Å². The number of hydrogen-bond acceptors (Lipinski definition) is 5. The summed E-state index contributed by atoms with van der Waals surface area (Å²) in [4.78, 5) is 32.5. The van der Waals surface area contributed by atoms with Crippen molar-refractivity contribution in [2.45, 2.75) is 35.2 Å². The quantitative estimate of drug-likeness (QED) is 0.491. The Morgan fingerprint density at radius 2 is 2.03 bits per heavy atom. The maximum Gasteiger partial charge on any atom is 0.327 e. The fourth-order valence-electron chi connectivity index (χ4n) is 5.08. The van der Waals surface area contributed by atoms with Gasteiger partial charge in [-0.15, -0.1) is 0 Å². The average Bonchev–Trinajstić information content (AvgIpc) is 3.26. The van der Waals surface area contributed by atoms with Crippen LogP contribution in [0.15, 0.2) is 59.8 Å². The summed E-state index contributed by atoms with van der Waals surface area (Å²) in [7, 11) is 0. The van der Waals surface area contributed by atoms with Crippen molar-refractivity contribution in [1.29, 1.82) is 0 Å². The molecular weight excluding hydrogens is 484 g/mol. The molecule has 4 heterocycles. The number of halogens is 2. The third-order valence-electron chi connectivity index (χ3n) is 6.77. The molecule has 0 radical (unpaired) electrons. The Kier molecular flexibility index (Phi) is 5.85. The number of carbonyl (C=O) groups excluding carboxylic acids is 2. The van der Waals surface area contributed by atoms with E-state index in [4.69, 9.17) is 0 Å². The van der Waals surface area contributed by atoms with Gasteiger partial charge in [-0.05, 0) is 49.2 Å². The maximum atomic E-state index is 14.5. The number of benzene rings is 2. The first-order valence-electron chi connectivity index (χ1n) is 11.8. The van der Waals surface area contributed by atoms with E-state index in [1.165, 1.54) is 28.8 Å². The number of rotatable bonds is 4. The van der Waals surface area contributed by atoms with Crippen LogP contribution in [0.25, 0.3) is 11.1 Å². The van der Waals surface area contributed by atoms with Crippen LogP contribution in [0.2, 0.25) is 0 Å². The highest BCUT2D eigenvalue weighted by molar-refractivity contribution is 8.01. The minimum absolute atomic E-state index is 0.0599. The zero-order valence-corrected chi connectivity index (χ0v) is 19.9. The van der Waals surface area contributed by atoms with Crippen molar-refractivity contribution in [3.05, 3.63) is 71.9 Å². The summed E-state index contributed by atoms with van der Waals surface area (Å²) in [5, 5.41) is 9.55. The molecule has 3 aliphatic heterocycles. The van der Waals surface area contributed by atoms with E-state index in [-0.39, 0.29) is 17.5 Å². The van der Waals surface area contributed by atoms with Gasteiger partial charge >= 0.3 is 6.03 Å². The largest absolute Gasteiger partial charge is 0.351 e. The maximum absolute atomic E-state index is 14.5. The summed E-state index contributed by atoms with van der Waals surface area (Å²) < 4.78 is 28.3. The topological polar surface area (TPSA) is 86.4 Å². The molecule has 3 atom stereocenters.